The molecule has 0 unspecified atom stereocenters. The molecule has 2 aromatic rings. The normalized spacial score (nSPS) is 9.75. The van der Waals surface area contributed by atoms with Gasteiger partial charge in [0.1, 0.15) is 11.8 Å². The number of rotatable bonds is 2. The minimum Gasteiger partial charge on any atom is -0.357 e. The monoisotopic (exact) mass is 210 g/mol. The van der Waals surface area contributed by atoms with Gasteiger partial charge in [-0.3, -0.25) is 4.79 Å². The van der Waals surface area contributed by atoms with E-state index in [1.54, 1.807) is 6.20 Å². The number of aromatic nitrogens is 1. The molecule has 1 aromatic carbocycles. The first kappa shape index (κ1) is 10.2. The van der Waals surface area contributed by atoms with Crippen LogP contribution in [0.3, 0.4) is 0 Å². The summed E-state index contributed by atoms with van der Waals surface area (Å²) >= 11 is 0. The maximum atomic E-state index is 11.3. The summed E-state index contributed by atoms with van der Waals surface area (Å²) in [4.78, 5) is 14.1. The van der Waals surface area contributed by atoms with E-state index in [4.69, 9.17) is 5.26 Å². The highest BCUT2D eigenvalue weighted by atomic mass is 16.1. The number of hydrogen-bond acceptors (Lipinski definition) is 2. The average molecular weight is 210 g/mol. The fourth-order valence-corrected chi connectivity index (χ4v) is 1.66. The van der Waals surface area contributed by atoms with Crippen molar-refractivity contribution in [2.24, 2.45) is 0 Å². The standard InChI is InChI=1S/C13H10N2O/c1-9(16)13-11(7-14)12(8-15-13)10-5-3-2-4-6-10/h2-6,8,15H,1H3. The second-order valence-electron chi connectivity index (χ2n) is 3.49. The van der Waals surface area contributed by atoms with Gasteiger partial charge >= 0.3 is 0 Å². The van der Waals surface area contributed by atoms with Crippen LogP contribution in [0.15, 0.2) is 36.5 Å². The molecule has 0 saturated carbocycles. The molecule has 3 heteroatoms. The van der Waals surface area contributed by atoms with Gasteiger partial charge in [0.2, 0.25) is 0 Å². The van der Waals surface area contributed by atoms with Gasteiger partial charge in [-0.15, -0.1) is 0 Å². The molecule has 2 rings (SSSR count). The first-order valence-corrected chi connectivity index (χ1v) is 4.92. The second kappa shape index (κ2) is 4.03. The van der Waals surface area contributed by atoms with E-state index in [1.165, 1.54) is 6.92 Å². The van der Waals surface area contributed by atoms with Crippen molar-refractivity contribution in [1.82, 2.24) is 4.98 Å². The molecule has 0 aliphatic heterocycles. The van der Waals surface area contributed by atoms with E-state index in [9.17, 15) is 4.79 Å². The van der Waals surface area contributed by atoms with Crippen molar-refractivity contribution in [2.45, 2.75) is 6.92 Å². The molecule has 0 bridgehead atoms. The van der Waals surface area contributed by atoms with Crippen LogP contribution < -0.4 is 0 Å². The van der Waals surface area contributed by atoms with Gasteiger partial charge in [0, 0.05) is 18.7 Å². The van der Waals surface area contributed by atoms with E-state index in [2.05, 4.69) is 11.1 Å². The van der Waals surface area contributed by atoms with Gasteiger partial charge in [0.05, 0.1) is 5.56 Å². The van der Waals surface area contributed by atoms with Crippen molar-refractivity contribution in [3.05, 3.63) is 47.8 Å². The van der Waals surface area contributed by atoms with Crippen molar-refractivity contribution in [1.29, 1.82) is 5.26 Å². The smallest absolute Gasteiger partial charge is 0.177 e. The number of carbonyl (C=O) groups excluding carboxylic acids is 1. The number of H-pyrrole nitrogens is 1. The van der Waals surface area contributed by atoms with Crippen LogP contribution in [-0.2, 0) is 0 Å². The Morgan fingerprint density at radius 3 is 2.56 bits per heavy atom. The van der Waals surface area contributed by atoms with Gasteiger partial charge in [-0.1, -0.05) is 30.3 Å². The lowest BCUT2D eigenvalue weighted by atomic mass is 10.0. The summed E-state index contributed by atoms with van der Waals surface area (Å²) in [6.45, 7) is 1.45. The molecule has 78 valence electrons. The number of ketones is 1. The van der Waals surface area contributed by atoms with Gasteiger partial charge in [-0.05, 0) is 5.56 Å². The Balaban J connectivity index is 2.60. The highest BCUT2D eigenvalue weighted by Crippen LogP contribution is 2.25. The third kappa shape index (κ3) is 1.61. The van der Waals surface area contributed by atoms with E-state index in [0.717, 1.165) is 11.1 Å². The van der Waals surface area contributed by atoms with Crippen LogP contribution in [0, 0.1) is 11.3 Å². The van der Waals surface area contributed by atoms with E-state index in [0.29, 0.717) is 11.3 Å². The predicted molar refractivity (Wildman–Crippen MR) is 60.9 cm³/mol. The zero-order chi connectivity index (χ0) is 11.5. The lowest BCUT2D eigenvalue weighted by molar-refractivity contribution is 0.101. The van der Waals surface area contributed by atoms with Crippen LogP contribution in [0.2, 0.25) is 0 Å². The molecule has 3 nitrogen and oxygen atoms in total. The predicted octanol–water partition coefficient (Wildman–Crippen LogP) is 2.76. The molecule has 0 saturated heterocycles. The van der Waals surface area contributed by atoms with E-state index >= 15 is 0 Å². The quantitative estimate of drug-likeness (QED) is 0.775. The number of aromatic amines is 1. The third-order valence-electron chi connectivity index (χ3n) is 2.43. The van der Waals surface area contributed by atoms with E-state index in [-0.39, 0.29) is 5.78 Å². The van der Waals surface area contributed by atoms with Gasteiger partial charge in [0.25, 0.3) is 0 Å². The molecule has 1 heterocycles. The van der Waals surface area contributed by atoms with Crippen molar-refractivity contribution in [3.63, 3.8) is 0 Å². The number of carbonyl (C=O) groups is 1. The van der Waals surface area contributed by atoms with Crippen LogP contribution in [0.5, 0.6) is 0 Å². The van der Waals surface area contributed by atoms with Crippen molar-refractivity contribution < 1.29 is 4.79 Å². The van der Waals surface area contributed by atoms with Crippen molar-refractivity contribution in [2.75, 3.05) is 0 Å². The average Bonchev–Trinajstić information content (AvgIpc) is 2.73. The first-order valence-electron chi connectivity index (χ1n) is 4.92. The Labute approximate surface area is 93.3 Å². The summed E-state index contributed by atoms with van der Waals surface area (Å²) < 4.78 is 0. The number of hydrogen-bond donors (Lipinski definition) is 1. The zero-order valence-corrected chi connectivity index (χ0v) is 8.82. The Morgan fingerprint density at radius 2 is 2.00 bits per heavy atom. The Hall–Kier alpha value is -2.34. The molecule has 0 radical (unpaired) electrons. The Morgan fingerprint density at radius 1 is 1.31 bits per heavy atom. The topological polar surface area (TPSA) is 56.6 Å². The molecular formula is C13H10N2O. The minimum absolute atomic E-state index is 0.126. The second-order valence-corrected chi connectivity index (χ2v) is 3.49. The molecule has 1 N–H and O–H groups in total. The molecule has 0 spiro atoms. The lowest BCUT2D eigenvalue weighted by Crippen LogP contribution is -1.95. The molecule has 0 amide bonds. The Kier molecular flexibility index (Phi) is 2.57. The number of nitrogens with zero attached hydrogens (tertiary/aromatic N) is 1. The largest absolute Gasteiger partial charge is 0.357 e. The Bertz CT molecular complexity index is 561. The molecule has 0 fully saturated rings. The molecule has 0 aliphatic carbocycles. The summed E-state index contributed by atoms with van der Waals surface area (Å²) in [6.07, 6.45) is 1.70. The summed E-state index contributed by atoms with van der Waals surface area (Å²) in [6, 6.07) is 11.6. The van der Waals surface area contributed by atoms with Crippen LogP contribution in [-0.4, -0.2) is 10.8 Å². The maximum Gasteiger partial charge on any atom is 0.177 e. The first-order chi connectivity index (χ1) is 7.74. The van der Waals surface area contributed by atoms with Crippen LogP contribution in [0.1, 0.15) is 23.0 Å². The lowest BCUT2D eigenvalue weighted by Gasteiger charge is -1.97. The van der Waals surface area contributed by atoms with E-state index in [1.807, 2.05) is 30.3 Å². The fourth-order valence-electron chi connectivity index (χ4n) is 1.66. The molecular weight excluding hydrogens is 200 g/mol. The number of nitriles is 1. The maximum absolute atomic E-state index is 11.3. The van der Waals surface area contributed by atoms with Crippen molar-refractivity contribution >= 4 is 5.78 Å². The van der Waals surface area contributed by atoms with E-state index < -0.39 is 0 Å². The van der Waals surface area contributed by atoms with Crippen LogP contribution in [0.25, 0.3) is 11.1 Å². The number of nitrogens with one attached hydrogen (secondary N) is 1. The highest BCUT2D eigenvalue weighted by molar-refractivity contribution is 5.97. The van der Waals surface area contributed by atoms with Gasteiger partial charge in [0.15, 0.2) is 5.78 Å². The van der Waals surface area contributed by atoms with Gasteiger partial charge in [-0.2, -0.15) is 5.26 Å². The highest BCUT2D eigenvalue weighted by Gasteiger charge is 2.14. The molecule has 16 heavy (non-hydrogen) atoms. The summed E-state index contributed by atoms with van der Waals surface area (Å²) in [5.74, 6) is -0.126. The summed E-state index contributed by atoms with van der Waals surface area (Å²) in [7, 11) is 0. The fraction of sp³-hybridized carbons (Fsp3) is 0.0769. The third-order valence-corrected chi connectivity index (χ3v) is 2.43. The SMILES string of the molecule is CC(=O)c1[nH]cc(-c2ccccc2)c1C#N. The molecule has 1 aromatic heterocycles. The molecule has 0 aliphatic rings. The van der Waals surface area contributed by atoms with Crippen LogP contribution in [0.4, 0.5) is 0 Å². The van der Waals surface area contributed by atoms with Gasteiger partial charge < -0.3 is 4.98 Å². The van der Waals surface area contributed by atoms with Crippen LogP contribution >= 0.6 is 0 Å². The van der Waals surface area contributed by atoms with Crippen molar-refractivity contribution in [3.8, 4) is 17.2 Å². The minimum atomic E-state index is -0.126. The summed E-state index contributed by atoms with van der Waals surface area (Å²) in [5.41, 5.74) is 2.50. The molecule has 0 atom stereocenters. The zero-order valence-electron chi connectivity index (χ0n) is 8.82. The van der Waals surface area contributed by atoms with Gasteiger partial charge in [-0.25, -0.2) is 0 Å². The summed E-state index contributed by atoms with van der Waals surface area (Å²) in [5, 5.41) is 9.08. The number of benzene rings is 1. The number of Topliss-reactive ketones (excluding diaryl/α,β-unsaturated/α-hetero) is 1.